The van der Waals surface area contributed by atoms with Gasteiger partial charge in [-0.3, -0.25) is 4.90 Å². The van der Waals surface area contributed by atoms with E-state index in [2.05, 4.69) is 44.8 Å². The second-order valence-corrected chi connectivity index (χ2v) is 8.15. The minimum Gasteiger partial charge on any atom is -0.308 e. The van der Waals surface area contributed by atoms with Crippen molar-refractivity contribution in [2.45, 2.75) is 59.7 Å². The molecule has 1 aliphatic rings. The largest absolute Gasteiger partial charge is 0.308 e. The molecule has 0 saturated carbocycles. The summed E-state index contributed by atoms with van der Waals surface area (Å²) in [5, 5.41) is 3.46. The van der Waals surface area contributed by atoms with Gasteiger partial charge in [0.25, 0.3) is 0 Å². The topological polar surface area (TPSA) is 15.3 Å². The Kier molecular flexibility index (Phi) is 4.74. The highest BCUT2D eigenvalue weighted by Crippen LogP contribution is 2.30. The minimum atomic E-state index is -0.0841. The Balaban J connectivity index is 2.02. The van der Waals surface area contributed by atoms with Crippen molar-refractivity contribution in [2.24, 2.45) is 5.41 Å². The van der Waals surface area contributed by atoms with Gasteiger partial charge < -0.3 is 5.32 Å². The van der Waals surface area contributed by atoms with Gasteiger partial charge in [0, 0.05) is 30.7 Å². The first-order valence-electron chi connectivity index (χ1n) is 7.89. The molecule has 0 unspecified atom stereocenters. The summed E-state index contributed by atoms with van der Waals surface area (Å²) in [4.78, 5) is 2.36. The van der Waals surface area contributed by atoms with Gasteiger partial charge in [0.15, 0.2) is 0 Å². The van der Waals surface area contributed by atoms with Gasteiger partial charge in [-0.2, -0.15) is 0 Å². The maximum atomic E-state index is 14.0. The summed E-state index contributed by atoms with van der Waals surface area (Å²) >= 11 is 0. The molecule has 0 radical (unpaired) electrons. The molecule has 0 atom stereocenters. The van der Waals surface area contributed by atoms with Crippen molar-refractivity contribution in [3.8, 4) is 0 Å². The Hall–Kier alpha value is -0.930. The molecule has 1 aliphatic heterocycles. The lowest BCUT2D eigenvalue weighted by atomic mass is 9.93. The van der Waals surface area contributed by atoms with E-state index < -0.39 is 0 Å². The summed E-state index contributed by atoms with van der Waals surface area (Å²) in [5.74, 6) is -0.0841. The van der Waals surface area contributed by atoms with E-state index in [9.17, 15) is 4.39 Å². The smallest absolute Gasteiger partial charge is 0.127 e. The number of likely N-dealkylation sites (tertiary alicyclic amines) is 1. The van der Waals surface area contributed by atoms with Crippen molar-refractivity contribution in [1.29, 1.82) is 0 Å². The highest BCUT2D eigenvalue weighted by molar-refractivity contribution is 5.25. The Labute approximate surface area is 128 Å². The molecule has 1 heterocycles. The van der Waals surface area contributed by atoms with Crippen LogP contribution in [0.15, 0.2) is 18.2 Å². The number of hydrogen-bond acceptors (Lipinski definition) is 2. The van der Waals surface area contributed by atoms with Gasteiger partial charge in [-0.05, 0) is 50.8 Å². The molecule has 1 saturated heterocycles. The van der Waals surface area contributed by atoms with E-state index in [4.69, 9.17) is 0 Å². The highest BCUT2D eigenvalue weighted by atomic mass is 19.1. The maximum absolute atomic E-state index is 14.0. The summed E-state index contributed by atoms with van der Waals surface area (Å²) in [6, 6.07) is 5.50. The van der Waals surface area contributed by atoms with Gasteiger partial charge in [0.1, 0.15) is 5.82 Å². The first kappa shape index (κ1) is 16.4. The second-order valence-electron chi connectivity index (χ2n) is 8.15. The van der Waals surface area contributed by atoms with Crippen molar-refractivity contribution in [3.05, 3.63) is 35.1 Å². The molecule has 1 N–H and O–H groups in total. The van der Waals surface area contributed by atoms with Crippen LogP contribution in [0, 0.1) is 11.2 Å². The molecular formula is C18H29FN2. The summed E-state index contributed by atoms with van der Waals surface area (Å²) in [6.45, 7) is 14.6. The highest BCUT2D eigenvalue weighted by Gasteiger charge is 2.29. The molecule has 1 fully saturated rings. The number of rotatable bonds is 4. The van der Waals surface area contributed by atoms with Crippen molar-refractivity contribution in [2.75, 3.05) is 13.1 Å². The van der Waals surface area contributed by atoms with Gasteiger partial charge >= 0.3 is 0 Å². The van der Waals surface area contributed by atoms with Gasteiger partial charge in [-0.1, -0.05) is 26.0 Å². The summed E-state index contributed by atoms with van der Waals surface area (Å²) < 4.78 is 14.0. The second kappa shape index (κ2) is 6.05. The fourth-order valence-electron chi connectivity index (χ4n) is 2.83. The van der Waals surface area contributed by atoms with Gasteiger partial charge in [0.2, 0.25) is 0 Å². The zero-order valence-corrected chi connectivity index (χ0v) is 14.1. The van der Waals surface area contributed by atoms with Gasteiger partial charge in [0.05, 0.1) is 0 Å². The van der Waals surface area contributed by atoms with Crippen molar-refractivity contribution < 1.29 is 4.39 Å². The van der Waals surface area contributed by atoms with Crippen molar-refractivity contribution in [3.63, 3.8) is 0 Å². The first-order chi connectivity index (χ1) is 9.65. The lowest BCUT2D eigenvalue weighted by Crippen LogP contribution is -2.35. The predicted molar refractivity (Wildman–Crippen MR) is 86.7 cm³/mol. The number of nitrogens with one attached hydrogen (secondary N) is 1. The number of benzene rings is 1. The van der Waals surface area contributed by atoms with E-state index in [1.165, 1.54) is 6.42 Å². The van der Waals surface area contributed by atoms with Crippen LogP contribution in [0.2, 0.25) is 0 Å². The van der Waals surface area contributed by atoms with Crippen LogP contribution in [0.5, 0.6) is 0 Å². The van der Waals surface area contributed by atoms with E-state index in [1.807, 2.05) is 12.1 Å². The normalized spacial score (nSPS) is 19.1. The van der Waals surface area contributed by atoms with E-state index in [-0.39, 0.29) is 11.4 Å². The Morgan fingerprint density at radius 1 is 1.29 bits per heavy atom. The molecule has 1 aromatic rings. The van der Waals surface area contributed by atoms with Crippen molar-refractivity contribution >= 4 is 0 Å². The van der Waals surface area contributed by atoms with Crippen LogP contribution in [-0.2, 0) is 13.1 Å². The quantitative estimate of drug-likeness (QED) is 0.904. The van der Waals surface area contributed by atoms with Crippen LogP contribution in [0.1, 0.15) is 52.2 Å². The van der Waals surface area contributed by atoms with E-state index in [0.717, 1.165) is 37.3 Å². The Bertz CT molecular complexity index is 488. The number of hydrogen-bond donors (Lipinski definition) is 1. The minimum absolute atomic E-state index is 0.0769. The maximum Gasteiger partial charge on any atom is 0.127 e. The molecule has 0 bridgehead atoms. The molecular weight excluding hydrogens is 263 g/mol. The standard InChI is InChI=1S/C18H29FN2/c1-17(2,3)20-11-14-6-7-16(19)15(10-14)12-21-9-8-18(4,5)13-21/h6-7,10,20H,8-9,11-13H2,1-5H3. The monoisotopic (exact) mass is 292 g/mol. The molecule has 0 amide bonds. The molecule has 118 valence electrons. The van der Waals surface area contributed by atoms with Gasteiger partial charge in [-0.25, -0.2) is 4.39 Å². The zero-order valence-electron chi connectivity index (χ0n) is 14.1. The SMILES string of the molecule is CC1(C)CCN(Cc2cc(CNC(C)(C)C)ccc2F)C1. The Morgan fingerprint density at radius 2 is 2.00 bits per heavy atom. The number of nitrogens with zero attached hydrogens (tertiary/aromatic N) is 1. The van der Waals surface area contributed by atoms with E-state index >= 15 is 0 Å². The third-order valence-electron chi connectivity index (χ3n) is 4.08. The lowest BCUT2D eigenvalue weighted by Gasteiger charge is -2.22. The molecule has 2 nitrogen and oxygen atoms in total. The molecule has 21 heavy (non-hydrogen) atoms. The van der Waals surface area contributed by atoms with Crippen LogP contribution in [-0.4, -0.2) is 23.5 Å². The summed E-state index contributed by atoms with van der Waals surface area (Å²) in [6.07, 6.45) is 1.19. The zero-order chi connectivity index (χ0) is 15.7. The predicted octanol–water partition coefficient (Wildman–Crippen LogP) is 3.95. The molecule has 1 aromatic carbocycles. The van der Waals surface area contributed by atoms with Crippen molar-refractivity contribution in [1.82, 2.24) is 10.2 Å². The fourth-order valence-corrected chi connectivity index (χ4v) is 2.83. The average molecular weight is 292 g/mol. The number of halogens is 1. The molecule has 0 spiro atoms. The molecule has 0 aliphatic carbocycles. The third kappa shape index (κ3) is 5.08. The molecule has 3 heteroatoms. The van der Waals surface area contributed by atoms with E-state index in [0.29, 0.717) is 5.41 Å². The lowest BCUT2D eigenvalue weighted by molar-refractivity contribution is 0.281. The Morgan fingerprint density at radius 3 is 2.57 bits per heavy atom. The first-order valence-corrected chi connectivity index (χ1v) is 7.89. The third-order valence-corrected chi connectivity index (χ3v) is 4.08. The van der Waals surface area contributed by atoms with Gasteiger partial charge in [-0.15, -0.1) is 0 Å². The van der Waals surface area contributed by atoms with Crippen LogP contribution in [0.4, 0.5) is 4.39 Å². The molecule has 2 rings (SSSR count). The van der Waals surface area contributed by atoms with Crippen LogP contribution < -0.4 is 5.32 Å². The van der Waals surface area contributed by atoms with Crippen LogP contribution in [0.3, 0.4) is 0 Å². The summed E-state index contributed by atoms with van der Waals surface area (Å²) in [7, 11) is 0. The average Bonchev–Trinajstić information content (AvgIpc) is 2.69. The fraction of sp³-hybridized carbons (Fsp3) is 0.667. The molecule has 0 aromatic heterocycles. The van der Waals surface area contributed by atoms with Crippen LogP contribution in [0.25, 0.3) is 0 Å². The summed E-state index contributed by atoms with van der Waals surface area (Å²) in [5.41, 5.74) is 2.41. The van der Waals surface area contributed by atoms with E-state index in [1.54, 1.807) is 6.07 Å². The van der Waals surface area contributed by atoms with Crippen LogP contribution >= 0.6 is 0 Å².